The van der Waals surface area contributed by atoms with Gasteiger partial charge in [0.15, 0.2) is 0 Å². The van der Waals surface area contributed by atoms with Crippen LogP contribution in [0.25, 0.3) is 0 Å². The first-order valence-electron chi connectivity index (χ1n) is 5.46. The lowest BCUT2D eigenvalue weighted by atomic mass is 10.0. The Morgan fingerprint density at radius 1 is 1.12 bits per heavy atom. The van der Waals surface area contributed by atoms with Gasteiger partial charge in [-0.2, -0.15) is 0 Å². The molecule has 1 heterocycles. The molecule has 0 N–H and O–H groups in total. The van der Waals surface area contributed by atoms with Gasteiger partial charge in [-0.15, -0.1) is 22.9 Å². The summed E-state index contributed by atoms with van der Waals surface area (Å²) in [6, 6.07) is 8.46. The molecule has 0 aliphatic carbocycles. The largest absolute Gasteiger partial charge is 0.143 e. The first-order chi connectivity index (χ1) is 7.99. The molecule has 0 saturated heterocycles. The van der Waals surface area contributed by atoms with Crippen LogP contribution in [0.15, 0.2) is 28.7 Å². The van der Waals surface area contributed by atoms with Crippen LogP contribution in [0.2, 0.25) is 0 Å². The Kier molecular flexibility index (Phi) is 3.96. The third kappa shape index (κ3) is 2.75. The molecule has 1 unspecified atom stereocenters. The molecule has 90 valence electrons. The molecule has 3 heteroatoms. The van der Waals surface area contributed by atoms with E-state index in [2.05, 4.69) is 54.9 Å². The zero-order chi connectivity index (χ0) is 12.6. The third-order valence-electron chi connectivity index (χ3n) is 2.81. The highest BCUT2D eigenvalue weighted by Crippen LogP contribution is 2.38. The molecular formula is C14H14BrClS. The predicted octanol–water partition coefficient (Wildman–Crippen LogP) is 5.76. The Labute approximate surface area is 120 Å². The fourth-order valence-corrected chi connectivity index (χ4v) is 4.03. The van der Waals surface area contributed by atoms with Crippen LogP contribution >= 0.6 is 38.9 Å². The zero-order valence-corrected chi connectivity index (χ0v) is 13.2. The van der Waals surface area contributed by atoms with Crippen LogP contribution in [0.1, 0.15) is 31.8 Å². The molecule has 0 fully saturated rings. The summed E-state index contributed by atoms with van der Waals surface area (Å²) in [6.07, 6.45) is 0. The topological polar surface area (TPSA) is 0 Å². The second-order valence-corrected chi connectivity index (χ2v) is 6.91. The number of hydrogen-bond donors (Lipinski definition) is 0. The van der Waals surface area contributed by atoms with Crippen molar-refractivity contribution in [3.8, 4) is 0 Å². The van der Waals surface area contributed by atoms with Gasteiger partial charge in [0.05, 0.1) is 5.38 Å². The van der Waals surface area contributed by atoms with Gasteiger partial charge in [0.1, 0.15) is 0 Å². The van der Waals surface area contributed by atoms with E-state index < -0.39 is 0 Å². The zero-order valence-electron chi connectivity index (χ0n) is 10.1. The normalized spacial score (nSPS) is 12.8. The predicted molar refractivity (Wildman–Crippen MR) is 80.4 cm³/mol. The van der Waals surface area contributed by atoms with Crippen molar-refractivity contribution >= 4 is 38.9 Å². The van der Waals surface area contributed by atoms with E-state index in [9.17, 15) is 0 Å². The molecule has 17 heavy (non-hydrogen) atoms. The molecule has 0 bridgehead atoms. The first-order valence-corrected chi connectivity index (χ1v) is 7.50. The second kappa shape index (κ2) is 5.13. The summed E-state index contributed by atoms with van der Waals surface area (Å²) in [5.41, 5.74) is 3.71. The van der Waals surface area contributed by atoms with Gasteiger partial charge in [0.25, 0.3) is 0 Å². The van der Waals surface area contributed by atoms with Crippen LogP contribution in [0, 0.1) is 20.8 Å². The van der Waals surface area contributed by atoms with Gasteiger partial charge >= 0.3 is 0 Å². The van der Waals surface area contributed by atoms with Crippen molar-refractivity contribution in [2.24, 2.45) is 0 Å². The minimum Gasteiger partial charge on any atom is -0.143 e. The van der Waals surface area contributed by atoms with Crippen LogP contribution < -0.4 is 0 Å². The van der Waals surface area contributed by atoms with Crippen molar-refractivity contribution < 1.29 is 0 Å². The van der Waals surface area contributed by atoms with Crippen LogP contribution in [0.5, 0.6) is 0 Å². The molecule has 1 aromatic heterocycles. The molecule has 0 aliphatic rings. The first kappa shape index (κ1) is 13.1. The Morgan fingerprint density at radius 3 is 2.35 bits per heavy atom. The van der Waals surface area contributed by atoms with E-state index in [0.717, 1.165) is 4.47 Å². The lowest BCUT2D eigenvalue weighted by molar-refractivity contribution is 1.12. The smallest absolute Gasteiger partial charge is 0.0933 e. The van der Waals surface area contributed by atoms with Crippen LogP contribution in [0.4, 0.5) is 0 Å². The van der Waals surface area contributed by atoms with E-state index in [4.69, 9.17) is 11.6 Å². The summed E-state index contributed by atoms with van der Waals surface area (Å²) in [5, 5.41) is -0.0400. The van der Waals surface area contributed by atoms with Crippen molar-refractivity contribution in [1.82, 2.24) is 0 Å². The average Bonchev–Trinajstić information content (AvgIpc) is 2.57. The summed E-state index contributed by atoms with van der Waals surface area (Å²) >= 11 is 11.9. The van der Waals surface area contributed by atoms with E-state index >= 15 is 0 Å². The van der Waals surface area contributed by atoms with Crippen molar-refractivity contribution in [1.29, 1.82) is 0 Å². The Morgan fingerprint density at radius 2 is 1.82 bits per heavy atom. The summed E-state index contributed by atoms with van der Waals surface area (Å²) < 4.78 is 1.10. The van der Waals surface area contributed by atoms with Crippen LogP contribution in [-0.4, -0.2) is 0 Å². The summed E-state index contributed by atoms with van der Waals surface area (Å²) in [4.78, 5) is 2.58. The SMILES string of the molecule is Cc1cc(C)c(C(Cl)c2ccc(Br)cc2C)s1. The molecule has 1 aromatic carbocycles. The van der Waals surface area contributed by atoms with E-state index in [1.54, 1.807) is 11.3 Å². The van der Waals surface area contributed by atoms with Crippen molar-refractivity contribution in [2.75, 3.05) is 0 Å². The number of rotatable bonds is 2. The number of alkyl halides is 1. The highest BCUT2D eigenvalue weighted by molar-refractivity contribution is 9.10. The van der Waals surface area contributed by atoms with Crippen molar-refractivity contribution in [2.45, 2.75) is 26.1 Å². The fraction of sp³-hybridized carbons (Fsp3) is 0.286. The standard InChI is InChI=1S/C14H14BrClS/c1-8-7-11(15)4-5-12(8)13(16)14-9(2)6-10(3)17-14/h4-7,13H,1-3H3. The fourth-order valence-electron chi connectivity index (χ4n) is 1.98. The van der Waals surface area contributed by atoms with Gasteiger partial charge < -0.3 is 0 Å². The average molecular weight is 330 g/mol. The summed E-state index contributed by atoms with van der Waals surface area (Å²) in [7, 11) is 0. The van der Waals surface area contributed by atoms with Gasteiger partial charge in [-0.1, -0.05) is 22.0 Å². The second-order valence-electron chi connectivity index (χ2n) is 4.27. The number of hydrogen-bond acceptors (Lipinski definition) is 1. The van der Waals surface area contributed by atoms with Crippen LogP contribution in [0.3, 0.4) is 0 Å². The third-order valence-corrected chi connectivity index (χ3v) is 5.11. The lowest BCUT2D eigenvalue weighted by Crippen LogP contribution is -1.95. The number of aryl methyl sites for hydroxylation is 3. The van der Waals surface area contributed by atoms with Crippen molar-refractivity contribution in [3.63, 3.8) is 0 Å². The van der Waals surface area contributed by atoms with Gasteiger partial charge in [0.2, 0.25) is 0 Å². The van der Waals surface area contributed by atoms with E-state index in [1.807, 2.05) is 6.07 Å². The Balaban J connectivity index is 2.43. The van der Waals surface area contributed by atoms with E-state index in [-0.39, 0.29) is 5.38 Å². The molecule has 2 aromatic rings. The molecule has 0 amide bonds. The van der Waals surface area contributed by atoms with E-state index in [1.165, 1.54) is 26.4 Å². The highest BCUT2D eigenvalue weighted by atomic mass is 79.9. The minimum absolute atomic E-state index is 0.0400. The Hall–Kier alpha value is -0.310. The van der Waals surface area contributed by atoms with Gasteiger partial charge in [-0.3, -0.25) is 0 Å². The summed E-state index contributed by atoms with van der Waals surface area (Å²) in [6.45, 7) is 6.35. The molecule has 0 saturated carbocycles. The van der Waals surface area contributed by atoms with Gasteiger partial charge in [0, 0.05) is 14.2 Å². The number of benzene rings is 1. The quantitative estimate of drug-likeness (QED) is 0.614. The molecule has 1 atom stereocenters. The maximum atomic E-state index is 6.60. The van der Waals surface area contributed by atoms with Crippen molar-refractivity contribution in [3.05, 3.63) is 55.2 Å². The van der Waals surface area contributed by atoms with E-state index in [0.29, 0.717) is 0 Å². The highest BCUT2D eigenvalue weighted by Gasteiger charge is 2.17. The maximum absolute atomic E-state index is 6.60. The van der Waals surface area contributed by atoms with Crippen LogP contribution in [-0.2, 0) is 0 Å². The number of thiophene rings is 1. The number of halogens is 2. The lowest BCUT2D eigenvalue weighted by Gasteiger charge is -2.12. The molecule has 0 nitrogen and oxygen atoms in total. The van der Waals surface area contributed by atoms with Gasteiger partial charge in [-0.25, -0.2) is 0 Å². The Bertz CT molecular complexity index is 545. The van der Waals surface area contributed by atoms with Gasteiger partial charge in [-0.05, 0) is 55.7 Å². The maximum Gasteiger partial charge on any atom is 0.0933 e. The molecule has 0 radical (unpaired) electrons. The molecule has 0 aliphatic heterocycles. The molecule has 0 spiro atoms. The molecular weight excluding hydrogens is 316 g/mol. The summed E-state index contributed by atoms with van der Waals surface area (Å²) in [5.74, 6) is 0. The minimum atomic E-state index is -0.0400. The monoisotopic (exact) mass is 328 g/mol. The molecule has 2 rings (SSSR count).